The van der Waals surface area contributed by atoms with Crippen LogP contribution < -0.4 is 10.0 Å². The summed E-state index contributed by atoms with van der Waals surface area (Å²) in [6.45, 7) is 4.13. The maximum absolute atomic E-state index is 12.5. The maximum Gasteiger partial charge on any atom is 0.270 e. The van der Waals surface area contributed by atoms with Gasteiger partial charge in [-0.2, -0.15) is 0 Å². The first kappa shape index (κ1) is 22.0. The molecule has 0 saturated carbocycles. The topological polar surface area (TPSA) is 118 Å². The van der Waals surface area contributed by atoms with Crippen molar-refractivity contribution in [3.8, 4) is 0 Å². The third-order valence-corrected chi connectivity index (χ3v) is 5.93. The van der Waals surface area contributed by atoms with Crippen LogP contribution in [0.5, 0.6) is 0 Å². The fourth-order valence-electron chi connectivity index (χ4n) is 2.85. The molecule has 9 heteroatoms. The van der Waals surface area contributed by atoms with Crippen LogP contribution in [0.3, 0.4) is 0 Å². The van der Waals surface area contributed by atoms with E-state index in [2.05, 4.69) is 23.9 Å². The molecule has 1 amide bonds. The summed E-state index contributed by atoms with van der Waals surface area (Å²) in [4.78, 5) is 22.5. The van der Waals surface area contributed by atoms with Gasteiger partial charge in [-0.15, -0.1) is 0 Å². The number of nitrogens with zero attached hydrogens (tertiary/aromatic N) is 1. The van der Waals surface area contributed by atoms with Crippen LogP contribution in [-0.4, -0.2) is 19.2 Å². The summed E-state index contributed by atoms with van der Waals surface area (Å²) >= 11 is 0. The molecule has 0 aromatic heterocycles. The molecule has 3 aromatic carbocycles. The summed E-state index contributed by atoms with van der Waals surface area (Å²) in [5, 5.41) is 13.7. The van der Waals surface area contributed by atoms with E-state index in [0.717, 1.165) is 11.6 Å². The molecule has 0 heterocycles. The number of carbonyl (C=O) groups is 1. The lowest BCUT2D eigenvalue weighted by atomic mass is 10.0. The lowest BCUT2D eigenvalue weighted by Gasteiger charge is -2.11. The second-order valence-electron chi connectivity index (χ2n) is 7.17. The molecule has 0 atom stereocenters. The molecule has 3 aromatic rings. The zero-order valence-corrected chi connectivity index (χ0v) is 17.7. The molecule has 3 rings (SSSR count). The van der Waals surface area contributed by atoms with Crippen molar-refractivity contribution in [2.75, 3.05) is 10.0 Å². The van der Waals surface area contributed by atoms with E-state index in [9.17, 15) is 23.3 Å². The number of sulfonamides is 1. The Morgan fingerprint density at radius 1 is 0.935 bits per heavy atom. The van der Waals surface area contributed by atoms with Crippen molar-refractivity contribution in [1.82, 2.24) is 0 Å². The molecule has 160 valence electrons. The second kappa shape index (κ2) is 8.97. The van der Waals surface area contributed by atoms with Gasteiger partial charge in [0.15, 0.2) is 0 Å². The summed E-state index contributed by atoms with van der Waals surface area (Å²) in [6, 6.07) is 18.2. The van der Waals surface area contributed by atoms with Gasteiger partial charge in [-0.05, 0) is 53.9 Å². The van der Waals surface area contributed by atoms with Gasteiger partial charge in [0.25, 0.3) is 21.6 Å². The van der Waals surface area contributed by atoms with Gasteiger partial charge in [-0.1, -0.05) is 32.0 Å². The van der Waals surface area contributed by atoms with E-state index >= 15 is 0 Å². The van der Waals surface area contributed by atoms with Gasteiger partial charge in [0, 0.05) is 29.1 Å². The number of non-ortho nitro benzene ring substituents is 1. The van der Waals surface area contributed by atoms with Crippen molar-refractivity contribution >= 4 is 33.0 Å². The first-order valence-corrected chi connectivity index (χ1v) is 10.9. The first-order chi connectivity index (χ1) is 14.7. The second-order valence-corrected chi connectivity index (χ2v) is 8.85. The number of rotatable bonds is 7. The number of nitro benzene ring substituents is 1. The standard InChI is InChI=1S/C22H21N3O5S/c1-15(2)17-5-3-6-19(13-17)23-22(26)16-9-11-18(12-10-16)24-31(29,30)21-8-4-7-20(14-21)25(27)28/h3-15,24H,1-2H3,(H,23,26). The highest BCUT2D eigenvalue weighted by Crippen LogP contribution is 2.22. The predicted molar refractivity (Wildman–Crippen MR) is 119 cm³/mol. The van der Waals surface area contributed by atoms with E-state index in [1.54, 1.807) is 6.07 Å². The van der Waals surface area contributed by atoms with Gasteiger partial charge in [0.05, 0.1) is 9.82 Å². The number of carbonyl (C=O) groups excluding carboxylic acids is 1. The van der Waals surface area contributed by atoms with Gasteiger partial charge in [0.1, 0.15) is 0 Å². The van der Waals surface area contributed by atoms with E-state index in [4.69, 9.17) is 0 Å². The number of nitro groups is 1. The predicted octanol–water partition coefficient (Wildman–Crippen LogP) is 4.77. The Labute approximate surface area is 180 Å². The van der Waals surface area contributed by atoms with Crippen LogP contribution in [0.2, 0.25) is 0 Å². The van der Waals surface area contributed by atoms with Gasteiger partial charge >= 0.3 is 0 Å². The Balaban J connectivity index is 1.72. The minimum Gasteiger partial charge on any atom is -0.322 e. The fraction of sp³-hybridized carbons (Fsp3) is 0.136. The van der Waals surface area contributed by atoms with E-state index in [0.29, 0.717) is 17.2 Å². The monoisotopic (exact) mass is 439 g/mol. The molecule has 31 heavy (non-hydrogen) atoms. The van der Waals surface area contributed by atoms with E-state index in [1.165, 1.54) is 42.5 Å². The van der Waals surface area contributed by atoms with Gasteiger partial charge in [-0.25, -0.2) is 8.42 Å². The summed E-state index contributed by atoms with van der Waals surface area (Å²) in [5.74, 6) is 0.00389. The summed E-state index contributed by atoms with van der Waals surface area (Å²) in [5.41, 5.74) is 2.03. The Kier molecular flexibility index (Phi) is 6.36. The Hall–Kier alpha value is -3.72. The van der Waals surface area contributed by atoms with Gasteiger partial charge < -0.3 is 5.32 Å². The van der Waals surface area contributed by atoms with Crippen LogP contribution in [-0.2, 0) is 10.0 Å². The minimum atomic E-state index is -4.02. The third-order valence-electron chi connectivity index (χ3n) is 4.55. The number of anilines is 2. The van der Waals surface area contributed by atoms with Crippen molar-refractivity contribution in [3.05, 3.63) is 94.0 Å². The normalized spacial score (nSPS) is 11.2. The van der Waals surface area contributed by atoms with E-state index < -0.39 is 14.9 Å². The van der Waals surface area contributed by atoms with Crippen molar-refractivity contribution in [3.63, 3.8) is 0 Å². The van der Waals surface area contributed by atoms with Crippen LogP contribution in [0.15, 0.2) is 77.7 Å². The molecule has 0 aliphatic carbocycles. The molecular weight excluding hydrogens is 418 g/mol. The summed E-state index contributed by atoms with van der Waals surface area (Å²) in [6.07, 6.45) is 0. The molecule has 0 bridgehead atoms. The zero-order valence-electron chi connectivity index (χ0n) is 16.9. The highest BCUT2D eigenvalue weighted by atomic mass is 32.2. The Morgan fingerprint density at radius 3 is 2.26 bits per heavy atom. The zero-order chi connectivity index (χ0) is 22.6. The van der Waals surface area contributed by atoms with Crippen LogP contribution in [0.4, 0.5) is 17.1 Å². The molecule has 0 fully saturated rings. The summed E-state index contributed by atoms with van der Waals surface area (Å²) < 4.78 is 27.4. The lowest BCUT2D eigenvalue weighted by Crippen LogP contribution is -2.14. The third kappa shape index (κ3) is 5.46. The van der Waals surface area contributed by atoms with Crippen molar-refractivity contribution in [2.24, 2.45) is 0 Å². The Bertz CT molecular complexity index is 1220. The van der Waals surface area contributed by atoms with Crippen LogP contribution >= 0.6 is 0 Å². The molecular formula is C22H21N3O5S. The fourth-order valence-corrected chi connectivity index (χ4v) is 3.94. The average Bonchev–Trinajstić information content (AvgIpc) is 2.74. The molecule has 0 aliphatic heterocycles. The Morgan fingerprint density at radius 2 is 1.61 bits per heavy atom. The van der Waals surface area contributed by atoms with Crippen molar-refractivity contribution in [1.29, 1.82) is 0 Å². The van der Waals surface area contributed by atoms with Gasteiger partial charge in [0.2, 0.25) is 0 Å². The minimum absolute atomic E-state index is 0.227. The smallest absolute Gasteiger partial charge is 0.270 e. The van der Waals surface area contributed by atoms with Crippen LogP contribution in [0.1, 0.15) is 35.7 Å². The molecule has 0 unspecified atom stereocenters. The molecule has 0 radical (unpaired) electrons. The molecule has 0 saturated heterocycles. The number of hydrogen-bond donors (Lipinski definition) is 2. The number of nitrogens with one attached hydrogen (secondary N) is 2. The van der Waals surface area contributed by atoms with E-state index in [-0.39, 0.29) is 22.2 Å². The number of hydrogen-bond acceptors (Lipinski definition) is 5. The molecule has 0 spiro atoms. The number of amides is 1. The molecule has 0 aliphatic rings. The maximum atomic E-state index is 12.5. The molecule has 2 N–H and O–H groups in total. The number of benzene rings is 3. The summed E-state index contributed by atoms with van der Waals surface area (Å²) in [7, 11) is -4.02. The van der Waals surface area contributed by atoms with E-state index in [1.807, 2.05) is 18.2 Å². The highest BCUT2D eigenvalue weighted by Gasteiger charge is 2.18. The van der Waals surface area contributed by atoms with Gasteiger partial charge in [-0.3, -0.25) is 19.6 Å². The highest BCUT2D eigenvalue weighted by molar-refractivity contribution is 7.92. The SMILES string of the molecule is CC(C)c1cccc(NC(=O)c2ccc(NS(=O)(=O)c3cccc([N+](=O)[O-])c3)cc2)c1. The lowest BCUT2D eigenvalue weighted by molar-refractivity contribution is -0.385. The first-order valence-electron chi connectivity index (χ1n) is 9.44. The average molecular weight is 439 g/mol. The van der Waals surface area contributed by atoms with Crippen LogP contribution in [0, 0.1) is 10.1 Å². The molecule has 8 nitrogen and oxygen atoms in total. The van der Waals surface area contributed by atoms with Crippen molar-refractivity contribution < 1.29 is 18.1 Å². The largest absolute Gasteiger partial charge is 0.322 e. The van der Waals surface area contributed by atoms with Crippen molar-refractivity contribution in [2.45, 2.75) is 24.7 Å². The quantitative estimate of drug-likeness (QED) is 0.406. The van der Waals surface area contributed by atoms with Crippen LogP contribution in [0.25, 0.3) is 0 Å².